The van der Waals surface area contributed by atoms with Crippen LogP contribution in [0.1, 0.15) is 40.6 Å². The molecule has 0 aliphatic rings. The fraction of sp³-hybridized carbons (Fsp3) is 0.211. The number of ketones is 1. The van der Waals surface area contributed by atoms with Crippen molar-refractivity contribution in [2.45, 2.75) is 19.8 Å². The zero-order chi connectivity index (χ0) is 18.4. The number of carbonyl (C=O) groups is 2. The molecule has 0 spiro atoms. The first-order chi connectivity index (χ1) is 11.9. The Morgan fingerprint density at radius 1 is 1.24 bits per heavy atom. The van der Waals surface area contributed by atoms with Gasteiger partial charge in [0.05, 0.1) is 9.21 Å². The van der Waals surface area contributed by atoms with Gasteiger partial charge in [0.25, 0.3) is 0 Å². The smallest absolute Gasteiger partial charge is 0.349 e. The Hall–Kier alpha value is -2.42. The van der Waals surface area contributed by atoms with Crippen molar-refractivity contribution in [3.63, 3.8) is 0 Å². The summed E-state index contributed by atoms with van der Waals surface area (Å²) in [5.41, 5.74) is 1.72. The first-order valence-electron chi connectivity index (χ1n) is 7.58. The second-order valence-corrected chi connectivity index (χ2v) is 7.31. The maximum absolute atomic E-state index is 12.0. The molecule has 0 atom stereocenters. The van der Waals surface area contributed by atoms with Gasteiger partial charge in [0.1, 0.15) is 11.6 Å². The SMILES string of the molecule is CC(C)c1ccc(/C=C(\C#N)C(=O)OCC(=O)c2ccc(Cl)s2)cc1. The number of halogens is 1. The van der Waals surface area contributed by atoms with E-state index in [4.69, 9.17) is 21.6 Å². The van der Waals surface area contributed by atoms with Crippen LogP contribution in [0.2, 0.25) is 4.34 Å². The van der Waals surface area contributed by atoms with Gasteiger partial charge in [0, 0.05) is 0 Å². The van der Waals surface area contributed by atoms with Crippen LogP contribution in [0.5, 0.6) is 0 Å². The van der Waals surface area contributed by atoms with E-state index in [0.717, 1.165) is 11.3 Å². The monoisotopic (exact) mass is 373 g/mol. The minimum absolute atomic E-state index is 0.158. The van der Waals surface area contributed by atoms with Crippen molar-refractivity contribution in [3.8, 4) is 6.07 Å². The summed E-state index contributed by atoms with van der Waals surface area (Å²) in [7, 11) is 0. The van der Waals surface area contributed by atoms with Crippen LogP contribution in [0.15, 0.2) is 42.0 Å². The van der Waals surface area contributed by atoms with Gasteiger partial charge in [-0.15, -0.1) is 11.3 Å². The van der Waals surface area contributed by atoms with Crippen molar-refractivity contribution in [2.24, 2.45) is 0 Å². The van der Waals surface area contributed by atoms with Crippen molar-refractivity contribution in [1.82, 2.24) is 0 Å². The summed E-state index contributed by atoms with van der Waals surface area (Å²) in [6, 6.07) is 12.5. The largest absolute Gasteiger partial charge is 0.453 e. The fourth-order valence-corrected chi connectivity index (χ4v) is 2.99. The molecule has 0 aliphatic heterocycles. The Morgan fingerprint density at radius 3 is 2.44 bits per heavy atom. The van der Waals surface area contributed by atoms with Gasteiger partial charge in [0.15, 0.2) is 6.61 Å². The maximum Gasteiger partial charge on any atom is 0.349 e. The van der Waals surface area contributed by atoms with Gasteiger partial charge < -0.3 is 4.74 Å². The number of hydrogen-bond donors (Lipinski definition) is 0. The van der Waals surface area contributed by atoms with Crippen LogP contribution in [0, 0.1) is 11.3 Å². The lowest BCUT2D eigenvalue weighted by molar-refractivity contribution is -0.137. The first-order valence-corrected chi connectivity index (χ1v) is 8.77. The third kappa shape index (κ3) is 5.28. The van der Waals surface area contributed by atoms with Gasteiger partial charge in [-0.05, 0) is 35.3 Å². The zero-order valence-corrected chi connectivity index (χ0v) is 15.4. The van der Waals surface area contributed by atoms with Gasteiger partial charge >= 0.3 is 5.97 Å². The van der Waals surface area contributed by atoms with Crippen LogP contribution < -0.4 is 0 Å². The number of rotatable bonds is 6. The minimum atomic E-state index is -0.827. The van der Waals surface area contributed by atoms with E-state index in [1.165, 1.54) is 11.6 Å². The van der Waals surface area contributed by atoms with Crippen LogP contribution in [-0.4, -0.2) is 18.4 Å². The van der Waals surface area contributed by atoms with Crippen LogP contribution in [-0.2, 0) is 9.53 Å². The second-order valence-electron chi connectivity index (χ2n) is 5.59. The standard InChI is InChI=1S/C19H16ClNO3S/c1-12(2)14-5-3-13(4-6-14)9-15(10-21)19(23)24-11-16(22)17-7-8-18(20)25-17/h3-9,12H,11H2,1-2H3/b15-9+. The van der Waals surface area contributed by atoms with Gasteiger partial charge in [0.2, 0.25) is 5.78 Å². The number of ether oxygens (including phenoxy) is 1. The number of hydrogen-bond acceptors (Lipinski definition) is 5. The Morgan fingerprint density at radius 2 is 1.92 bits per heavy atom. The second kappa shape index (κ2) is 8.61. The molecule has 0 aliphatic carbocycles. The van der Waals surface area contributed by atoms with Crippen molar-refractivity contribution in [2.75, 3.05) is 6.61 Å². The minimum Gasteiger partial charge on any atom is -0.453 e. The van der Waals surface area contributed by atoms with Crippen LogP contribution in [0.4, 0.5) is 0 Å². The molecule has 0 fully saturated rings. The molecule has 2 aromatic rings. The Kier molecular flexibility index (Phi) is 6.51. The highest BCUT2D eigenvalue weighted by Crippen LogP contribution is 2.22. The highest BCUT2D eigenvalue weighted by molar-refractivity contribution is 7.18. The van der Waals surface area contributed by atoms with E-state index in [0.29, 0.717) is 20.7 Å². The molecule has 0 N–H and O–H groups in total. The van der Waals surface area contributed by atoms with Crippen LogP contribution in [0.25, 0.3) is 6.08 Å². The lowest BCUT2D eigenvalue weighted by Crippen LogP contribution is -2.14. The summed E-state index contributed by atoms with van der Waals surface area (Å²) in [6.07, 6.45) is 1.44. The van der Waals surface area contributed by atoms with Crippen LogP contribution in [0.3, 0.4) is 0 Å². The van der Waals surface area contributed by atoms with Gasteiger partial charge in [-0.2, -0.15) is 5.26 Å². The summed E-state index contributed by atoms with van der Waals surface area (Å²) >= 11 is 6.88. The normalized spacial score (nSPS) is 11.2. The molecule has 0 saturated carbocycles. The number of carbonyl (C=O) groups excluding carboxylic acids is 2. The molecule has 25 heavy (non-hydrogen) atoms. The van der Waals surface area contributed by atoms with Crippen LogP contribution >= 0.6 is 22.9 Å². The Labute approximate surface area is 155 Å². The predicted octanol–water partition coefficient (Wildman–Crippen LogP) is 4.86. The summed E-state index contributed by atoms with van der Waals surface area (Å²) in [5.74, 6) is -0.787. The molecule has 1 heterocycles. The molecule has 6 heteroatoms. The highest BCUT2D eigenvalue weighted by atomic mass is 35.5. The lowest BCUT2D eigenvalue weighted by atomic mass is 10.0. The molecule has 128 valence electrons. The third-order valence-electron chi connectivity index (χ3n) is 3.44. The van der Waals surface area contributed by atoms with Crippen molar-refractivity contribution >= 4 is 40.8 Å². The van der Waals surface area contributed by atoms with Crippen molar-refractivity contribution in [1.29, 1.82) is 5.26 Å². The topological polar surface area (TPSA) is 67.2 Å². The molecule has 1 aromatic heterocycles. The molecular formula is C19H16ClNO3S. The summed E-state index contributed by atoms with van der Waals surface area (Å²) in [6.45, 7) is 3.74. The van der Waals surface area contributed by atoms with Gasteiger partial charge in [-0.25, -0.2) is 4.79 Å². The molecule has 4 nitrogen and oxygen atoms in total. The highest BCUT2D eigenvalue weighted by Gasteiger charge is 2.15. The van der Waals surface area contributed by atoms with Crippen molar-refractivity contribution in [3.05, 3.63) is 62.3 Å². The summed E-state index contributed by atoms with van der Waals surface area (Å²) in [4.78, 5) is 24.3. The average molecular weight is 374 g/mol. The molecular weight excluding hydrogens is 358 g/mol. The number of esters is 1. The molecule has 2 rings (SSSR count). The number of thiophene rings is 1. The van der Waals surface area contributed by atoms with E-state index in [-0.39, 0.29) is 11.4 Å². The Balaban J connectivity index is 2.02. The van der Waals surface area contributed by atoms with E-state index >= 15 is 0 Å². The molecule has 0 saturated heterocycles. The van der Waals surface area contributed by atoms with Gasteiger partial charge in [-0.3, -0.25) is 4.79 Å². The predicted molar refractivity (Wildman–Crippen MR) is 98.7 cm³/mol. The number of nitrogens with zero attached hydrogens (tertiary/aromatic N) is 1. The summed E-state index contributed by atoms with van der Waals surface area (Å²) < 4.78 is 5.42. The molecule has 0 bridgehead atoms. The number of nitriles is 1. The number of benzene rings is 1. The van der Waals surface area contributed by atoms with Crippen molar-refractivity contribution < 1.29 is 14.3 Å². The van der Waals surface area contributed by atoms with E-state index in [9.17, 15) is 9.59 Å². The van der Waals surface area contributed by atoms with E-state index < -0.39 is 12.6 Å². The quantitative estimate of drug-likeness (QED) is 0.314. The molecule has 0 radical (unpaired) electrons. The lowest BCUT2D eigenvalue weighted by Gasteiger charge is -2.05. The third-order valence-corrected chi connectivity index (χ3v) is 4.71. The molecule has 0 unspecified atom stereocenters. The van der Waals surface area contributed by atoms with Gasteiger partial charge in [-0.1, -0.05) is 49.7 Å². The first kappa shape index (κ1) is 18.9. The van der Waals surface area contributed by atoms with E-state index in [1.54, 1.807) is 12.1 Å². The molecule has 0 amide bonds. The average Bonchev–Trinajstić information content (AvgIpc) is 3.04. The fourth-order valence-electron chi connectivity index (χ4n) is 2.02. The summed E-state index contributed by atoms with van der Waals surface area (Å²) in [5, 5.41) is 9.17. The van der Waals surface area contributed by atoms with E-state index in [2.05, 4.69) is 13.8 Å². The molecule has 1 aromatic carbocycles. The van der Waals surface area contributed by atoms with E-state index in [1.807, 2.05) is 30.3 Å². The maximum atomic E-state index is 12.0. The zero-order valence-electron chi connectivity index (χ0n) is 13.8. The Bertz CT molecular complexity index is 844. The number of Topliss-reactive ketones (excluding diaryl/α,β-unsaturated/α-hetero) is 1.